The molecule has 0 saturated heterocycles. The molecule has 1 aliphatic heterocycles. The lowest BCUT2D eigenvalue weighted by molar-refractivity contribution is 0.343. The highest BCUT2D eigenvalue weighted by Gasteiger charge is 2.17. The highest BCUT2D eigenvalue weighted by molar-refractivity contribution is 5.33. The maximum Gasteiger partial charge on any atom is 0.220 e. The van der Waals surface area contributed by atoms with E-state index in [2.05, 4.69) is 16.9 Å². The maximum absolute atomic E-state index is 5.37. The molecule has 1 aliphatic rings. The second-order valence-electron chi connectivity index (χ2n) is 2.96. The Morgan fingerprint density at radius 2 is 2.25 bits per heavy atom. The van der Waals surface area contributed by atoms with Gasteiger partial charge in [-0.05, 0) is 6.92 Å². The van der Waals surface area contributed by atoms with Crippen LogP contribution in [-0.4, -0.2) is 16.6 Å². The van der Waals surface area contributed by atoms with Gasteiger partial charge >= 0.3 is 0 Å². The summed E-state index contributed by atoms with van der Waals surface area (Å²) < 4.78 is 5.37. The Balaban J connectivity index is 2.51. The third-order valence-corrected chi connectivity index (χ3v) is 2.13. The molecule has 2 heterocycles. The molecule has 0 aliphatic carbocycles. The van der Waals surface area contributed by atoms with E-state index in [1.807, 2.05) is 6.92 Å². The smallest absolute Gasteiger partial charge is 0.220 e. The summed E-state index contributed by atoms with van der Waals surface area (Å²) in [5.74, 6) is 1.69. The van der Waals surface area contributed by atoms with Crippen molar-refractivity contribution in [3.63, 3.8) is 0 Å². The lowest BCUT2D eigenvalue weighted by atomic mass is 10.2. The second-order valence-corrected chi connectivity index (χ2v) is 2.96. The zero-order chi connectivity index (χ0) is 8.55. The van der Waals surface area contributed by atoms with Crippen molar-refractivity contribution in [1.29, 1.82) is 0 Å². The molecule has 0 atom stereocenters. The van der Waals surface area contributed by atoms with Crippen molar-refractivity contribution in [2.24, 2.45) is 0 Å². The van der Waals surface area contributed by atoms with Gasteiger partial charge in [0.2, 0.25) is 5.88 Å². The summed E-state index contributed by atoms with van der Waals surface area (Å²) in [6.07, 6.45) is 1.84. The molecule has 64 valence electrons. The highest BCUT2D eigenvalue weighted by atomic mass is 16.5. The quantitative estimate of drug-likeness (QED) is 0.627. The van der Waals surface area contributed by atoms with Gasteiger partial charge in [-0.3, -0.25) is 0 Å². The molecular weight excluding hydrogens is 152 g/mol. The van der Waals surface area contributed by atoms with Gasteiger partial charge in [0.05, 0.1) is 6.61 Å². The Bertz CT molecular complexity index is 310. The van der Waals surface area contributed by atoms with Gasteiger partial charge in [-0.15, -0.1) is 0 Å². The van der Waals surface area contributed by atoms with Crippen molar-refractivity contribution in [1.82, 2.24) is 9.97 Å². The van der Waals surface area contributed by atoms with E-state index in [0.29, 0.717) is 0 Å². The molecule has 0 amide bonds. The zero-order valence-electron chi connectivity index (χ0n) is 7.42. The number of aromatic nitrogens is 2. The number of ether oxygens (including phenoxy) is 1. The normalized spacial score (nSPS) is 14.2. The van der Waals surface area contributed by atoms with Gasteiger partial charge in [-0.2, -0.15) is 4.98 Å². The van der Waals surface area contributed by atoms with Gasteiger partial charge in [0.25, 0.3) is 0 Å². The van der Waals surface area contributed by atoms with E-state index in [-0.39, 0.29) is 0 Å². The molecule has 0 bridgehead atoms. The molecule has 3 nitrogen and oxygen atoms in total. The molecule has 0 aromatic carbocycles. The van der Waals surface area contributed by atoms with Crippen molar-refractivity contribution < 1.29 is 4.74 Å². The first-order chi connectivity index (χ1) is 5.81. The Kier molecular flexibility index (Phi) is 1.71. The first-order valence-electron chi connectivity index (χ1n) is 4.30. The van der Waals surface area contributed by atoms with Crippen molar-refractivity contribution in [2.75, 3.05) is 6.61 Å². The highest BCUT2D eigenvalue weighted by Crippen LogP contribution is 2.24. The number of fused-ring (bicyclic) bond motifs is 1. The first kappa shape index (κ1) is 7.53. The van der Waals surface area contributed by atoms with E-state index in [1.165, 1.54) is 5.56 Å². The maximum atomic E-state index is 5.37. The lowest BCUT2D eigenvalue weighted by Crippen LogP contribution is -1.98. The first-order valence-corrected chi connectivity index (χ1v) is 4.30. The largest absolute Gasteiger partial charge is 0.477 e. The molecule has 0 N–H and O–H groups in total. The third kappa shape index (κ3) is 1.05. The van der Waals surface area contributed by atoms with Crippen LogP contribution < -0.4 is 4.74 Å². The molecule has 12 heavy (non-hydrogen) atoms. The fourth-order valence-electron chi connectivity index (χ4n) is 1.44. The van der Waals surface area contributed by atoms with Crippen molar-refractivity contribution >= 4 is 0 Å². The number of nitrogens with zero attached hydrogens (tertiary/aromatic N) is 2. The predicted molar refractivity (Wildman–Crippen MR) is 45.3 cm³/mol. The van der Waals surface area contributed by atoms with E-state index in [4.69, 9.17) is 4.74 Å². The number of rotatable bonds is 1. The van der Waals surface area contributed by atoms with Crippen molar-refractivity contribution in [2.45, 2.75) is 26.7 Å². The predicted octanol–water partition coefficient (Wildman–Crippen LogP) is 1.28. The summed E-state index contributed by atoms with van der Waals surface area (Å²) in [5, 5.41) is 0. The van der Waals surface area contributed by atoms with E-state index in [1.54, 1.807) is 0 Å². The fourth-order valence-corrected chi connectivity index (χ4v) is 1.44. The van der Waals surface area contributed by atoms with Crippen LogP contribution in [0.1, 0.15) is 24.0 Å². The van der Waals surface area contributed by atoms with Crippen LogP contribution in [0, 0.1) is 6.92 Å². The Labute approximate surface area is 71.8 Å². The van der Waals surface area contributed by atoms with Gasteiger partial charge in [-0.25, -0.2) is 4.98 Å². The molecule has 1 aromatic rings. The van der Waals surface area contributed by atoms with Crippen molar-refractivity contribution in [3.8, 4) is 5.88 Å². The molecule has 3 heteroatoms. The van der Waals surface area contributed by atoms with Gasteiger partial charge in [0.15, 0.2) is 0 Å². The summed E-state index contributed by atoms with van der Waals surface area (Å²) in [6.45, 7) is 4.84. The van der Waals surface area contributed by atoms with Crippen LogP contribution >= 0.6 is 0 Å². The molecule has 0 radical (unpaired) electrons. The Hall–Kier alpha value is -1.12. The topological polar surface area (TPSA) is 35.0 Å². The molecular formula is C9H12N2O. The summed E-state index contributed by atoms with van der Waals surface area (Å²) in [7, 11) is 0. The van der Waals surface area contributed by atoms with Crippen LogP contribution in [0.4, 0.5) is 0 Å². The van der Waals surface area contributed by atoms with Gasteiger partial charge < -0.3 is 4.74 Å². The van der Waals surface area contributed by atoms with Crippen molar-refractivity contribution in [3.05, 3.63) is 17.1 Å². The zero-order valence-corrected chi connectivity index (χ0v) is 7.42. The minimum Gasteiger partial charge on any atom is -0.477 e. The van der Waals surface area contributed by atoms with E-state index in [9.17, 15) is 0 Å². The van der Waals surface area contributed by atoms with Crippen LogP contribution in [0.15, 0.2) is 0 Å². The van der Waals surface area contributed by atoms with E-state index < -0.39 is 0 Å². The minimum absolute atomic E-state index is 0.762. The van der Waals surface area contributed by atoms with Crippen LogP contribution in [0.5, 0.6) is 5.88 Å². The minimum atomic E-state index is 0.762. The van der Waals surface area contributed by atoms with Crippen LogP contribution in [0.3, 0.4) is 0 Å². The SMILES string of the molecule is CCc1nc(C)c2c(n1)OCC2. The van der Waals surface area contributed by atoms with Crippen LogP contribution in [0.25, 0.3) is 0 Å². The van der Waals surface area contributed by atoms with Gasteiger partial charge in [-0.1, -0.05) is 6.92 Å². The van der Waals surface area contributed by atoms with Crippen LogP contribution in [-0.2, 0) is 12.8 Å². The molecule has 2 rings (SSSR count). The number of hydrogen-bond acceptors (Lipinski definition) is 3. The summed E-state index contributed by atoms with van der Waals surface area (Å²) >= 11 is 0. The summed E-state index contributed by atoms with van der Waals surface area (Å²) in [4.78, 5) is 8.67. The lowest BCUT2D eigenvalue weighted by Gasteiger charge is -2.02. The van der Waals surface area contributed by atoms with Gasteiger partial charge in [0, 0.05) is 24.1 Å². The molecule has 1 aromatic heterocycles. The van der Waals surface area contributed by atoms with Crippen LogP contribution in [0.2, 0.25) is 0 Å². The monoisotopic (exact) mass is 164 g/mol. The van der Waals surface area contributed by atoms with Gasteiger partial charge in [0.1, 0.15) is 5.82 Å². The molecule has 0 spiro atoms. The Morgan fingerprint density at radius 1 is 1.42 bits per heavy atom. The summed E-state index contributed by atoms with van der Waals surface area (Å²) in [5.41, 5.74) is 2.27. The average molecular weight is 164 g/mol. The molecule has 0 fully saturated rings. The second kappa shape index (κ2) is 2.73. The molecule has 0 unspecified atom stereocenters. The summed E-state index contributed by atoms with van der Waals surface area (Å²) in [6, 6.07) is 0. The standard InChI is InChI=1S/C9H12N2O/c1-3-8-10-6(2)7-4-5-12-9(7)11-8/h3-5H2,1-2H3. The number of hydrogen-bond donors (Lipinski definition) is 0. The fraction of sp³-hybridized carbons (Fsp3) is 0.556. The molecule has 0 saturated carbocycles. The third-order valence-electron chi connectivity index (χ3n) is 2.13. The average Bonchev–Trinajstić information content (AvgIpc) is 2.52. The number of aryl methyl sites for hydroxylation is 2. The van der Waals surface area contributed by atoms with E-state index in [0.717, 1.165) is 36.8 Å². The van der Waals surface area contributed by atoms with E-state index >= 15 is 0 Å². The Morgan fingerprint density at radius 3 is 3.00 bits per heavy atom.